The molecule has 0 aliphatic carbocycles. The summed E-state index contributed by atoms with van der Waals surface area (Å²) in [5, 5.41) is 1.56. The van der Waals surface area contributed by atoms with Crippen LogP contribution in [-0.4, -0.2) is 21.6 Å². The van der Waals surface area contributed by atoms with Gasteiger partial charge >= 0.3 is 0 Å². The Bertz CT molecular complexity index is 695. The number of benzene rings is 1. The summed E-state index contributed by atoms with van der Waals surface area (Å²) in [4.78, 5) is 8.54. The molecule has 0 saturated heterocycles. The lowest BCUT2D eigenvalue weighted by molar-refractivity contribution is 0.415. The van der Waals surface area contributed by atoms with Crippen LogP contribution in [0.3, 0.4) is 0 Å². The third-order valence-corrected chi connectivity index (χ3v) is 3.03. The minimum Gasteiger partial charge on any atom is -0.497 e. The molecule has 3 rings (SSSR count). The van der Waals surface area contributed by atoms with Gasteiger partial charge in [-0.05, 0) is 12.1 Å². The summed E-state index contributed by atoms with van der Waals surface area (Å²) in [6.45, 7) is 0. The molecule has 0 fully saturated rings. The Morgan fingerprint density at radius 2 is 2.17 bits per heavy atom. The van der Waals surface area contributed by atoms with Gasteiger partial charge in [0.05, 0.1) is 17.6 Å². The molecule has 0 bridgehead atoms. The lowest BCUT2D eigenvalue weighted by atomic mass is 10.2. The maximum atomic E-state index is 6.26. The maximum absolute atomic E-state index is 6.26. The number of aromatic nitrogens is 3. The average Bonchev–Trinajstić information content (AvgIpc) is 2.91. The van der Waals surface area contributed by atoms with Crippen molar-refractivity contribution in [1.29, 1.82) is 0 Å². The molecule has 18 heavy (non-hydrogen) atoms. The van der Waals surface area contributed by atoms with Crippen LogP contribution in [0.4, 0.5) is 0 Å². The van der Waals surface area contributed by atoms with Crippen LogP contribution in [-0.2, 0) is 0 Å². The minimum absolute atomic E-state index is 0.659. The van der Waals surface area contributed by atoms with Crippen LogP contribution in [0, 0.1) is 0 Å². The molecule has 5 heteroatoms. The molecule has 0 N–H and O–H groups in total. The van der Waals surface area contributed by atoms with E-state index < -0.39 is 0 Å². The zero-order valence-corrected chi connectivity index (χ0v) is 10.4. The van der Waals surface area contributed by atoms with E-state index in [1.54, 1.807) is 19.6 Å². The van der Waals surface area contributed by atoms with Crippen molar-refractivity contribution in [3.63, 3.8) is 0 Å². The summed E-state index contributed by atoms with van der Waals surface area (Å²) in [5.74, 6) is 1.49. The second-order valence-electron chi connectivity index (χ2n) is 3.82. The Hall–Kier alpha value is -2.07. The fraction of sp³-hybridized carbons (Fsp3) is 0.0769. The first-order valence-corrected chi connectivity index (χ1v) is 5.78. The van der Waals surface area contributed by atoms with Crippen LogP contribution in [0.15, 0.2) is 43.0 Å². The monoisotopic (exact) mass is 259 g/mol. The third-order valence-electron chi connectivity index (χ3n) is 2.72. The zero-order valence-electron chi connectivity index (χ0n) is 9.67. The molecule has 4 nitrogen and oxygen atoms in total. The number of imidazole rings is 1. The first-order chi connectivity index (χ1) is 8.78. The molecular formula is C13H10ClN3O. The number of nitrogens with zero attached hydrogens (tertiary/aromatic N) is 3. The normalized spacial score (nSPS) is 10.8. The van der Waals surface area contributed by atoms with Gasteiger partial charge in [-0.25, -0.2) is 9.97 Å². The van der Waals surface area contributed by atoms with E-state index in [2.05, 4.69) is 9.97 Å². The molecule has 2 aromatic heterocycles. The van der Waals surface area contributed by atoms with Gasteiger partial charge in [0.1, 0.15) is 17.9 Å². The van der Waals surface area contributed by atoms with E-state index in [4.69, 9.17) is 16.3 Å². The van der Waals surface area contributed by atoms with Crippen LogP contribution in [0.2, 0.25) is 5.02 Å². The largest absolute Gasteiger partial charge is 0.497 e. The van der Waals surface area contributed by atoms with Gasteiger partial charge in [0.15, 0.2) is 0 Å². The van der Waals surface area contributed by atoms with E-state index in [-0.39, 0.29) is 0 Å². The average molecular weight is 260 g/mol. The molecule has 0 unspecified atom stereocenters. The van der Waals surface area contributed by atoms with Crippen molar-refractivity contribution in [1.82, 2.24) is 14.5 Å². The summed E-state index contributed by atoms with van der Waals surface area (Å²) >= 11 is 6.26. The van der Waals surface area contributed by atoms with Crippen molar-refractivity contribution >= 4 is 22.5 Å². The van der Waals surface area contributed by atoms with Crippen molar-refractivity contribution < 1.29 is 4.74 Å². The Balaban J connectivity index is 2.24. The number of halogens is 1. The second-order valence-corrected chi connectivity index (χ2v) is 4.22. The van der Waals surface area contributed by atoms with E-state index in [0.29, 0.717) is 5.02 Å². The lowest BCUT2D eigenvalue weighted by Gasteiger charge is -2.07. The summed E-state index contributed by atoms with van der Waals surface area (Å²) < 4.78 is 7.00. The second kappa shape index (κ2) is 4.31. The number of rotatable bonds is 2. The number of hydrogen-bond donors (Lipinski definition) is 0. The minimum atomic E-state index is 0.659. The summed E-state index contributed by atoms with van der Waals surface area (Å²) in [6.07, 6.45) is 5.21. The van der Waals surface area contributed by atoms with Gasteiger partial charge in [0.25, 0.3) is 0 Å². The van der Waals surface area contributed by atoms with Crippen LogP contribution in [0.5, 0.6) is 5.75 Å². The summed E-state index contributed by atoms with van der Waals surface area (Å²) in [6, 6.07) is 7.45. The van der Waals surface area contributed by atoms with Crippen LogP contribution < -0.4 is 4.74 Å². The molecule has 0 saturated carbocycles. The fourth-order valence-electron chi connectivity index (χ4n) is 1.81. The van der Waals surface area contributed by atoms with Gasteiger partial charge in [0, 0.05) is 29.9 Å². The van der Waals surface area contributed by atoms with E-state index in [1.807, 2.05) is 35.0 Å². The van der Waals surface area contributed by atoms with Gasteiger partial charge in [-0.3, -0.25) is 4.57 Å². The van der Waals surface area contributed by atoms with Crippen LogP contribution >= 0.6 is 11.6 Å². The highest BCUT2D eigenvalue weighted by Crippen LogP contribution is 2.27. The maximum Gasteiger partial charge on any atom is 0.140 e. The molecule has 2 heterocycles. The molecule has 90 valence electrons. The zero-order chi connectivity index (χ0) is 12.5. The molecule has 3 aromatic rings. The Labute approximate surface area is 109 Å². The SMILES string of the molecule is COc1ccc2c(Cl)cc(-n3ccnc3)nc2c1. The molecule has 0 aliphatic heterocycles. The molecular weight excluding hydrogens is 250 g/mol. The highest BCUT2D eigenvalue weighted by molar-refractivity contribution is 6.35. The van der Waals surface area contributed by atoms with Gasteiger partial charge in [-0.2, -0.15) is 0 Å². The third kappa shape index (κ3) is 1.80. The standard InChI is InChI=1S/C13H10ClN3O/c1-18-9-2-3-10-11(14)7-13(16-12(10)6-9)17-5-4-15-8-17/h2-8H,1H3. The van der Waals surface area contributed by atoms with E-state index in [1.165, 1.54) is 0 Å². The predicted octanol–water partition coefficient (Wildman–Crippen LogP) is 3.08. The van der Waals surface area contributed by atoms with Crippen molar-refractivity contribution in [2.24, 2.45) is 0 Å². The highest BCUT2D eigenvalue weighted by atomic mass is 35.5. The molecule has 0 atom stereocenters. The van der Waals surface area contributed by atoms with Crippen molar-refractivity contribution in [2.75, 3.05) is 7.11 Å². The van der Waals surface area contributed by atoms with E-state index >= 15 is 0 Å². The van der Waals surface area contributed by atoms with Crippen molar-refractivity contribution in [3.8, 4) is 11.6 Å². The number of fused-ring (bicyclic) bond motifs is 1. The lowest BCUT2D eigenvalue weighted by Crippen LogP contribution is -1.95. The number of methoxy groups -OCH3 is 1. The Morgan fingerprint density at radius 3 is 2.89 bits per heavy atom. The topological polar surface area (TPSA) is 39.9 Å². The van der Waals surface area contributed by atoms with Crippen LogP contribution in [0.25, 0.3) is 16.7 Å². The molecule has 0 spiro atoms. The molecule has 0 amide bonds. The van der Waals surface area contributed by atoms with Gasteiger partial charge in [-0.15, -0.1) is 0 Å². The first kappa shape index (κ1) is 11.0. The van der Waals surface area contributed by atoms with Gasteiger partial charge in [0.2, 0.25) is 0 Å². The van der Waals surface area contributed by atoms with Gasteiger partial charge < -0.3 is 4.74 Å². The molecule has 0 aliphatic rings. The van der Waals surface area contributed by atoms with Gasteiger partial charge in [-0.1, -0.05) is 11.6 Å². The first-order valence-electron chi connectivity index (χ1n) is 5.40. The summed E-state index contributed by atoms with van der Waals surface area (Å²) in [5.41, 5.74) is 0.797. The summed E-state index contributed by atoms with van der Waals surface area (Å²) in [7, 11) is 1.63. The van der Waals surface area contributed by atoms with Crippen molar-refractivity contribution in [2.45, 2.75) is 0 Å². The quantitative estimate of drug-likeness (QED) is 0.710. The van der Waals surface area contributed by atoms with Crippen molar-refractivity contribution in [3.05, 3.63) is 48.0 Å². The highest BCUT2D eigenvalue weighted by Gasteiger charge is 2.06. The number of pyridine rings is 1. The van der Waals surface area contributed by atoms with E-state index in [9.17, 15) is 0 Å². The predicted molar refractivity (Wildman–Crippen MR) is 70.4 cm³/mol. The van der Waals surface area contributed by atoms with Crippen LogP contribution in [0.1, 0.15) is 0 Å². The Kier molecular flexibility index (Phi) is 2.64. The number of ether oxygens (including phenoxy) is 1. The smallest absolute Gasteiger partial charge is 0.140 e. The molecule has 1 aromatic carbocycles. The Morgan fingerprint density at radius 1 is 1.28 bits per heavy atom. The number of hydrogen-bond acceptors (Lipinski definition) is 3. The van der Waals surface area contributed by atoms with E-state index in [0.717, 1.165) is 22.5 Å². The molecule has 0 radical (unpaired) electrons. The fourth-order valence-corrected chi connectivity index (χ4v) is 2.06.